The van der Waals surface area contributed by atoms with Crippen LogP contribution < -0.4 is 18.1 Å². The van der Waals surface area contributed by atoms with Crippen LogP contribution in [0.25, 0.3) is 4.72 Å². The second-order valence-corrected chi connectivity index (χ2v) is 8.97. The molecule has 4 aromatic rings. The summed E-state index contributed by atoms with van der Waals surface area (Å²) in [4.78, 5) is 0.171. The largest absolute Gasteiger partial charge is 2.00 e. The summed E-state index contributed by atoms with van der Waals surface area (Å²) in [6.07, 6.45) is 0. The molecule has 2 N–H and O–H groups in total. The summed E-state index contributed by atoms with van der Waals surface area (Å²) in [5.41, 5.74) is 9.01. The Balaban J connectivity index is 0.000000631. The molecule has 0 fully saturated rings. The van der Waals surface area contributed by atoms with Crippen LogP contribution in [-0.4, -0.2) is 8.42 Å². The van der Waals surface area contributed by atoms with Gasteiger partial charge in [-0.25, -0.2) is 8.42 Å². The van der Waals surface area contributed by atoms with E-state index >= 15 is 0 Å². The maximum absolute atomic E-state index is 12.8. The Morgan fingerprint density at radius 2 is 1.03 bits per heavy atom. The van der Waals surface area contributed by atoms with Crippen LogP contribution in [0.2, 0.25) is 0 Å². The number of sulfonamides is 1. The van der Waals surface area contributed by atoms with Crippen LogP contribution in [0.15, 0.2) is 126 Å². The van der Waals surface area contributed by atoms with Gasteiger partial charge in [0.15, 0.2) is 0 Å². The Morgan fingerprint density at radius 3 is 1.47 bits per heavy atom. The fourth-order valence-corrected chi connectivity index (χ4v) is 4.30. The Labute approximate surface area is 221 Å². The summed E-state index contributed by atoms with van der Waals surface area (Å²) in [5.74, 6) is 0. The van der Waals surface area contributed by atoms with Crippen molar-refractivity contribution in [1.29, 1.82) is 0 Å². The van der Waals surface area contributed by atoms with E-state index in [1.807, 2.05) is 104 Å². The third-order valence-electron chi connectivity index (χ3n) is 4.90. The number of rotatable bonds is 6. The monoisotopic (exact) mass is 580 g/mol. The van der Waals surface area contributed by atoms with Crippen molar-refractivity contribution in [2.45, 2.75) is 23.9 Å². The van der Waals surface area contributed by atoms with Gasteiger partial charge in [-0.2, -0.15) is 0 Å². The SMILES string of the molecule is Cc1ccc(S(=O)(=O)[N-][C@H](c2ccccc2)[C@H](N)c2ccccc2)cc1.[Cl-].[Ru+2].c1ccccc1. The molecule has 0 aromatic heterocycles. The number of hydrogen-bond acceptors (Lipinski definition) is 3. The molecule has 0 aliphatic rings. The summed E-state index contributed by atoms with van der Waals surface area (Å²) in [6.45, 7) is 1.91. The molecule has 7 heteroatoms. The van der Waals surface area contributed by atoms with Crippen molar-refractivity contribution in [2.24, 2.45) is 5.73 Å². The fourth-order valence-electron chi connectivity index (χ4n) is 3.15. The molecule has 0 saturated carbocycles. The van der Waals surface area contributed by atoms with Gasteiger partial charge >= 0.3 is 19.5 Å². The first kappa shape index (κ1) is 29.7. The smallest absolute Gasteiger partial charge is 1.00 e. The maximum atomic E-state index is 12.8. The van der Waals surface area contributed by atoms with Crippen LogP contribution >= 0.6 is 0 Å². The molecule has 0 radical (unpaired) electrons. The third kappa shape index (κ3) is 8.79. The maximum Gasteiger partial charge on any atom is 2.00 e. The molecule has 4 nitrogen and oxygen atoms in total. The first-order chi connectivity index (χ1) is 15.5. The zero-order valence-corrected chi connectivity index (χ0v) is 22.0. The van der Waals surface area contributed by atoms with E-state index in [2.05, 4.69) is 4.72 Å². The van der Waals surface area contributed by atoms with Crippen LogP contribution in [0.3, 0.4) is 0 Å². The van der Waals surface area contributed by atoms with Crippen molar-refractivity contribution in [2.75, 3.05) is 0 Å². The number of halogens is 1. The van der Waals surface area contributed by atoms with E-state index < -0.39 is 22.1 Å². The van der Waals surface area contributed by atoms with Crippen molar-refractivity contribution < 1.29 is 40.3 Å². The minimum atomic E-state index is -3.83. The predicted octanol–water partition coefficient (Wildman–Crippen LogP) is 3.19. The van der Waals surface area contributed by atoms with E-state index in [0.29, 0.717) is 0 Å². The van der Waals surface area contributed by atoms with Crippen LogP contribution in [0, 0.1) is 6.92 Å². The first-order valence-electron chi connectivity index (χ1n) is 10.4. The van der Waals surface area contributed by atoms with E-state index in [1.165, 1.54) is 0 Å². The molecule has 0 heterocycles. The van der Waals surface area contributed by atoms with Gasteiger partial charge in [0.1, 0.15) is 10.0 Å². The topological polar surface area (TPSA) is 74.3 Å². The number of hydrogen-bond donors (Lipinski definition) is 1. The van der Waals surface area contributed by atoms with E-state index in [0.717, 1.165) is 16.7 Å². The molecule has 4 rings (SSSR count). The molecule has 0 aliphatic heterocycles. The van der Waals surface area contributed by atoms with Crippen molar-refractivity contribution >= 4 is 10.0 Å². The second kappa shape index (κ2) is 14.8. The van der Waals surface area contributed by atoms with Gasteiger partial charge in [-0.15, -0.1) is 0 Å². The van der Waals surface area contributed by atoms with Gasteiger partial charge in [-0.05, 0) is 24.6 Å². The first-order valence-corrected chi connectivity index (χ1v) is 11.8. The van der Waals surface area contributed by atoms with Crippen LogP contribution in [0.4, 0.5) is 0 Å². The van der Waals surface area contributed by atoms with Crippen LogP contribution in [0.1, 0.15) is 28.8 Å². The molecule has 0 spiro atoms. The van der Waals surface area contributed by atoms with Crippen molar-refractivity contribution in [1.82, 2.24) is 0 Å². The van der Waals surface area contributed by atoms with Gasteiger partial charge in [0.2, 0.25) is 0 Å². The van der Waals surface area contributed by atoms with E-state index in [4.69, 9.17) is 5.73 Å². The third-order valence-corrected chi connectivity index (χ3v) is 6.28. The fraction of sp³-hybridized carbons (Fsp3) is 0.111. The van der Waals surface area contributed by atoms with Crippen LogP contribution in [-0.2, 0) is 29.5 Å². The van der Waals surface area contributed by atoms with Gasteiger partial charge in [0.05, 0.1) is 0 Å². The second-order valence-electron chi connectivity index (χ2n) is 7.34. The Bertz CT molecular complexity index is 1150. The normalized spacial score (nSPS) is 12.1. The molecule has 0 amide bonds. The van der Waals surface area contributed by atoms with E-state index in [-0.39, 0.29) is 36.8 Å². The minimum Gasteiger partial charge on any atom is -1.00 e. The molecule has 0 saturated heterocycles. The van der Waals surface area contributed by atoms with Gasteiger partial charge in [-0.3, -0.25) is 0 Å². The summed E-state index contributed by atoms with van der Waals surface area (Å²) in [5, 5.41) is 0. The van der Waals surface area contributed by atoms with Gasteiger partial charge in [0.25, 0.3) is 0 Å². The summed E-state index contributed by atoms with van der Waals surface area (Å²) < 4.78 is 29.9. The van der Waals surface area contributed by atoms with E-state index in [9.17, 15) is 8.42 Å². The Hall–Kier alpha value is -2.34. The number of benzene rings is 4. The zero-order valence-electron chi connectivity index (χ0n) is 18.7. The quantitative estimate of drug-likeness (QED) is 0.357. The molecule has 178 valence electrons. The molecule has 2 atom stereocenters. The zero-order chi connectivity index (χ0) is 22.8. The molecule has 0 bridgehead atoms. The molecule has 0 unspecified atom stereocenters. The minimum absolute atomic E-state index is 0. The number of nitrogens with zero attached hydrogens (tertiary/aromatic N) is 1. The molecule has 0 aliphatic carbocycles. The standard InChI is InChI=1S/C21H21N2O2S.C6H6.ClH.Ru/c1-16-12-14-19(15-13-16)26(24,25)23-21(18-10-6-3-7-11-18)20(22)17-8-4-2-5-9-17;1-2-4-6-5-3-1;;/h2-15,20-21H,22H2,1H3;1-6H;1H;/q-1;;;+2/p-1/t20-,21-;;;/m1.../s1. The van der Waals surface area contributed by atoms with Gasteiger partial charge in [0, 0.05) is 10.9 Å². The molecule has 34 heavy (non-hydrogen) atoms. The summed E-state index contributed by atoms with van der Waals surface area (Å²) in [6, 6.07) is 36.1. The predicted molar refractivity (Wildman–Crippen MR) is 131 cm³/mol. The van der Waals surface area contributed by atoms with Crippen molar-refractivity contribution in [3.8, 4) is 0 Å². The molecular weight excluding hydrogens is 553 g/mol. The average Bonchev–Trinajstić information content (AvgIpc) is 2.85. The summed E-state index contributed by atoms with van der Waals surface area (Å²) in [7, 11) is -3.83. The summed E-state index contributed by atoms with van der Waals surface area (Å²) >= 11 is 0. The van der Waals surface area contributed by atoms with E-state index in [1.54, 1.807) is 24.3 Å². The Kier molecular flexibility index (Phi) is 12.9. The number of nitrogens with two attached hydrogens (primary N) is 1. The van der Waals surface area contributed by atoms with Crippen molar-refractivity contribution in [3.05, 3.63) is 143 Å². The molecule has 4 aromatic carbocycles. The van der Waals surface area contributed by atoms with Crippen LogP contribution in [0.5, 0.6) is 0 Å². The Morgan fingerprint density at radius 1 is 0.647 bits per heavy atom. The number of aryl methyl sites for hydroxylation is 1. The van der Waals surface area contributed by atoms with Gasteiger partial charge < -0.3 is 22.9 Å². The van der Waals surface area contributed by atoms with Crippen molar-refractivity contribution in [3.63, 3.8) is 0 Å². The van der Waals surface area contributed by atoms with Gasteiger partial charge in [-0.1, -0.05) is 126 Å². The molecular formula is C27H27ClN2O2RuS. The average molecular weight is 580 g/mol.